The number of piperazine rings is 1. The van der Waals surface area contributed by atoms with Crippen molar-refractivity contribution in [3.8, 4) is 5.75 Å². The first kappa shape index (κ1) is 25.8. The number of hydrogen-bond acceptors (Lipinski definition) is 6. The van der Waals surface area contributed by atoms with E-state index in [2.05, 4.69) is 5.32 Å². The molecule has 0 saturated carbocycles. The molecule has 1 aliphatic heterocycles. The summed E-state index contributed by atoms with van der Waals surface area (Å²) in [6, 6.07) is 21.5. The zero-order chi connectivity index (χ0) is 25.8. The average Bonchev–Trinajstić information content (AvgIpc) is 2.92. The van der Waals surface area contributed by atoms with Crippen LogP contribution < -0.4 is 10.1 Å². The van der Waals surface area contributed by atoms with Gasteiger partial charge in [-0.05, 0) is 42.0 Å². The lowest BCUT2D eigenvalue weighted by Crippen LogP contribution is -2.61. The molecular formula is C25H27N3O6S2. The smallest absolute Gasteiger partial charge is 0.243 e. The molecule has 4 rings (SSSR count). The summed E-state index contributed by atoms with van der Waals surface area (Å²) in [4.78, 5) is 13.5. The van der Waals surface area contributed by atoms with Crippen LogP contribution in [0, 0.1) is 0 Å². The van der Waals surface area contributed by atoms with E-state index in [1.807, 2.05) is 0 Å². The van der Waals surface area contributed by atoms with Gasteiger partial charge < -0.3 is 10.1 Å². The maximum absolute atomic E-state index is 13.4. The fraction of sp³-hybridized carbons (Fsp3) is 0.240. The first-order valence-corrected chi connectivity index (χ1v) is 14.1. The number of rotatable bonds is 8. The Morgan fingerprint density at radius 1 is 0.833 bits per heavy atom. The van der Waals surface area contributed by atoms with Crippen LogP contribution in [0.1, 0.15) is 5.56 Å². The van der Waals surface area contributed by atoms with Crippen LogP contribution in [0.3, 0.4) is 0 Å². The molecule has 1 N–H and O–H groups in total. The van der Waals surface area contributed by atoms with E-state index in [9.17, 15) is 21.6 Å². The molecular weight excluding hydrogens is 502 g/mol. The Balaban J connectivity index is 1.61. The number of nitrogens with one attached hydrogen (secondary N) is 1. The lowest BCUT2D eigenvalue weighted by molar-refractivity contribution is -0.126. The molecule has 1 saturated heterocycles. The van der Waals surface area contributed by atoms with E-state index in [0.29, 0.717) is 5.75 Å². The molecule has 9 nitrogen and oxygen atoms in total. The van der Waals surface area contributed by atoms with Gasteiger partial charge in [-0.2, -0.15) is 8.61 Å². The van der Waals surface area contributed by atoms with Crippen molar-refractivity contribution < 1.29 is 26.4 Å². The monoisotopic (exact) mass is 529 g/mol. The molecule has 1 atom stereocenters. The topological polar surface area (TPSA) is 113 Å². The third kappa shape index (κ3) is 5.44. The minimum Gasteiger partial charge on any atom is -0.497 e. The van der Waals surface area contributed by atoms with Crippen molar-refractivity contribution in [1.29, 1.82) is 0 Å². The van der Waals surface area contributed by atoms with E-state index in [1.54, 1.807) is 67.8 Å². The van der Waals surface area contributed by atoms with Crippen molar-refractivity contribution >= 4 is 26.0 Å². The zero-order valence-corrected chi connectivity index (χ0v) is 21.3. The summed E-state index contributed by atoms with van der Waals surface area (Å²) in [6.07, 6.45) is 0. The molecule has 0 spiro atoms. The van der Waals surface area contributed by atoms with Crippen LogP contribution in [-0.2, 0) is 31.4 Å². The van der Waals surface area contributed by atoms with E-state index >= 15 is 0 Å². The van der Waals surface area contributed by atoms with Crippen molar-refractivity contribution in [2.24, 2.45) is 0 Å². The second kappa shape index (κ2) is 10.8. The highest BCUT2D eigenvalue weighted by molar-refractivity contribution is 7.89. The molecule has 3 aromatic rings. The number of hydrogen-bond donors (Lipinski definition) is 1. The Morgan fingerprint density at radius 2 is 1.39 bits per heavy atom. The van der Waals surface area contributed by atoms with Crippen LogP contribution >= 0.6 is 0 Å². The molecule has 0 unspecified atom stereocenters. The number of carbonyl (C=O) groups is 1. The fourth-order valence-electron chi connectivity index (χ4n) is 3.98. The number of sulfonamides is 2. The fourth-order valence-corrected chi connectivity index (χ4v) is 7.03. The van der Waals surface area contributed by atoms with Crippen molar-refractivity contribution in [2.45, 2.75) is 22.4 Å². The number of amides is 1. The van der Waals surface area contributed by atoms with Crippen LogP contribution in [0.5, 0.6) is 5.75 Å². The molecule has 0 radical (unpaired) electrons. The van der Waals surface area contributed by atoms with E-state index in [-0.39, 0.29) is 36.0 Å². The molecule has 0 aliphatic carbocycles. The number of methoxy groups -OCH3 is 1. The second-order valence-corrected chi connectivity index (χ2v) is 12.0. The zero-order valence-electron chi connectivity index (χ0n) is 19.6. The Kier molecular flexibility index (Phi) is 7.74. The highest BCUT2D eigenvalue weighted by Gasteiger charge is 2.43. The van der Waals surface area contributed by atoms with Crippen LogP contribution in [0.25, 0.3) is 0 Å². The summed E-state index contributed by atoms with van der Waals surface area (Å²) in [7, 11) is -6.41. The largest absolute Gasteiger partial charge is 0.497 e. The van der Waals surface area contributed by atoms with Gasteiger partial charge in [0.15, 0.2) is 0 Å². The summed E-state index contributed by atoms with van der Waals surface area (Å²) in [5, 5.41) is 2.76. The number of benzene rings is 3. The Hall–Kier alpha value is -3.25. The maximum atomic E-state index is 13.4. The highest BCUT2D eigenvalue weighted by atomic mass is 32.2. The van der Waals surface area contributed by atoms with Crippen molar-refractivity contribution in [3.63, 3.8) is 0 Å². The Bertz CT molecular complexity index is 1400. The average molecular weight is 530 g/mol. The van der Waals surface area contributed by atoms with Gasteiger partial charge in [0.25, 0.3) is 0 Å². The number of carbonyl (C=O) groups excluding carboxylic acids is 1. The quantitative estimate of drug-likeness (QED) is 0.478. The van der Waals surface area contributed by atoms with Crippen LogP contribution in [0.4, 0.5) is 0 Å². The SMILES string of the molecule is COc1ccc(CNC(=O)[C@@H]2CN(S(=O)(=O)c3ccccc3)CCN2S(=O)(=O)c2ccccc2)cc1. The molecule has 1 aliphatic rings. The normalized spacial score (nSPS) is 17.4. The first-order valence-electron chi connectivity index (χ1n) is 11.3. The summed E-state index contributed by atoms with van der Waals surface area (Å²) in [6.45, 7) is -0.406. The number of ether oxygens (including phenoxy) is 1. The van der Waals surface area contributed by atoms with E-state index in [1.165, 1.54) is 24.3 Å². The van der Waals surface area contributed by atoms with Crippen molar-refractivity contribution in [2.75, 3.05) is 26.7 Å². The molecule has 1 heterocycles. The summed E-state index contributed by atoms with van der Waals surface area (Å²) < 4.78 is 60.7. The van der Waals surface area contributed by atoms with Crippen LogP contribution in [-0.4, -0.2) is 64.1 Å². The predicted octanol–water partition coefficient (Wildman–Crippen LogP) is 2.08. The van der Waals surface area contributed by atoms with Gasteiger partial charge in [-0.25, -0.2) is 16.8 Å². The molecule has 36 heavy (non-hydrogen) atoms. The minimum absolute atomic E-state index is 0.0392. The van der Waals surface area contributed by atoms with Gasteiger partial charge >= 0.3 is 0 Å². The lowest BCUT2D eigenvalue weighted by Gasteiger charge is -2.39. The molecule has 3 aromatic carbocycles. The van der Waals surface area contributed by atoms with Gasteiger partial charge in [-0.15, -0.1) is 0 Å². The molecule has 1 fully saturated rings. The highest BCUT2D eigenvalue weighted by Crippen LogP contribution is 2.25. The third-order valence-corrected chi connectivity index (χ3v) is 9.75. The summed E-state index contributed by atoms with van der Waals surface area (Å²) in [5.41, 5.74) is 0.784. The predicted molar refractivity (Wildman–Crippen MR) is 134 cm³/mol. The number of nitrogens with zero attached hydrogens (tertiary/aromatic N) is 2. The molecule has 0 bridgehead atoms. The van der Waals surface area contributed by atoms with Crippen molar-refractivity contribution in [3.05, 3.63) is 90.5 Å². The van der Waals surface area contributed by atoms with E-state index in [4.69, 9.17) is 4.74 Å². The van der Waals surface area contributed by atoms with E-state index in [0.717, 1.165) is 14.2 Å². The van der Waals surface area contributed by atoms with Gasteiger partial charge in [-0.1, -0.05) is 48.5 Å². The minimum atomic E-state index is -4.05. The maximum Gasteiger partial charge on any atom is 0.243 e. The molecule has 1 amide bonds. The lowest BCUT2D eigenvalue weighted by atomic mass is 10.2. The Morgan fingerprint density at radius 3 is 1.94 bits per heavy atom. The Labute approximate surface area is 211 Å². The van der Waals surface area contributed by atoms with Gasteiger partial charge in [0.2, 0.25) is 26.0 Å². The standard InChI is InChI=1S/C25H27N3O6S2/c1-34-21-14-12-20(13-15-21)18-26-25(29)24-19-27(35(30,31)22-8-4-2-5-9-22)16-17-28(24)36(32,33)23-10-6-3-7-11-23/h2-15,24H,16-19H2,1H3,(H,26,29)/t24-/m0/s1. The van der Waals surface area contributed by atoms with E-state index < -0.39 is 32.0 Å². The molecule has 0 aromatic heterocycles. The molecule has 190 valence electrons. The third-order valence-electron chi connectivity index (χ3n) is 5.95. The van der Waals surface area contributed by atoms with Crippen LogP contribution in [0.15, 0.2) is 94.7 Å². The molecule has 11 heteroatoms. The van der Waals surface area contributed by atoms with Gasteiger partial charge in [0.1, 0.15) is 11.8 Å². The van der Waals surface area contributed by atoms with Gasteiger partial charge in [-0.3, -0.25) is 4.79 Å². The van der Waals surface area contributed by atoms with Crippen molar-refractivity contribution in [1.82, 2.24) is 13.9 Å². The van der Waals surface area contributed by atoms with Gasteiger partial charge in [0, 0.05) is 26.2 Å². The first-order chi connectivity index (χ1) is 17.2. The summed E-state index contributed by atoms with van der Waals surface area (Å²) in [5.74, 6) is 0.0810. The summed E-state index contributed by atoms with van der Waals surface area (Å²) >= 11 is 0. The van der Waals surface area contributed by atoms with Crippen LogP contribution in [0.2, 0.25) is 0 Å². The van der Waals surface area contributed by atoms with Gasteiger partial charge in [0.05, 0.1) is 16.9 Å². The second-order valence-electron chi connectivity index (χ2n) is 8.19.